The van der Waals surface area contributed by atoms with Crippen molar-refractivity contribution >= 4 is 32.7 Å². The van der Waals surface area contributed by atoms with E-state index in [1.165, 1.54) is 0 Å². The Balaban J connectivity index is 1.75. The molecule has 0 spiro atoms. The van der Waals surface area contributed by atoms with Crippen molar-refractivity contribution in [2.45, 2.75) is 52.3 Å². The van der Waals surface area contributed by atoms with Crippen molar-refractivity contribution in [3.05, 3.63) is 35.6 Å². The summed E-state index contributed by atoms with van der Waals surface area (Å²) in [5.41, 5.74) is 1.11. The van der Waals surface area contributed by atoms with E-state index in [1.807, 2.05) is 32.9 Å². The largest absolute Gasteiger partial charge is 0.450 e. The SMILES string of the molecule is CCOCc1c(C(=O)OCC(=O)N(C(C)CC)C2CCS(=O)(=O)C2)oc2ccccc12. The van der Waals surface area contributed by atoms with E-state index in [4.69, 9.17) is 13.9 Å². The lowest BCUT2D eigenvalue weighted by Gasteiger charge is -2.33. The zero-order chi connectivity index (χ0) is 22.6. The summed E-state index contributed by atoms with van der Waals surface area (Å²) >= 11 is 0. The van der Waals surface area contributed by atoms with Crippen LogP contribution in [-0.2, 0) is 30.7 Å². The van der Waals surface area contributed by atoms with Gasteiger partial charge in [-0.15, -0.1) is 0 Å². The highest BCUT2D eigenvalue weighted by molar-refractivity contribution is 7.91. The molecule has 31 heavy (non-hydrogen) atoms. The van der Waals surface area contributed by atoms with Gasteiger partial charge in [0.05, 0.1) is 18.1 Å². The molecule has 1 aromatic heterocycles. The first kappa shape index (κ1) is 23.3. The highest BCUT2D eigenvalue weighted by Crippen LogP contribution is 2.27. The summed E-state index contributed by atoms with van der Waals surface area (Å²) in [7, 11) is -3.15. The molecule has 0 bridgehead atoms. The zero-order valence-electron chi connectivity index (χ0n) is 18.1. The first-order valence-corrected chi connectivity index (χ1v) is 12.4. The van der Waals surface area contributed by atoms with E-state index in [9.17, 15) is 18.0 Å². The van der Waals surface area contributed by atoms with E-state index >= 15 is 0 Å². The van der Waals surface area contributed by atoms with Crippen LogP contribution in [0.4, 0.5) is 0 Å². The molecule has 0 N–H and O–H groups in total. The summed E-state index contributed by atoms with van der Waals surface area (Å²) in [5.74, 6) is -1.13. The normalized spacial score (nSPS) is 18.7. The van der Waals surface area contributed by atoms with Gasteiger partial charge in [-0.1, -0.05) is 25.1 Å². The van der Waals surface area contributed by atoms with Crippen LogP contribution in [0.3, 0.4) is 0 Å². The lowest BCUT2D eigenvalue weighted by Crippen LogP contribution is -2.48. The van der Waals surface area contributed by atoms with E-state index in [-0.39, 0.29) is 29.9 Å². The lowest BCUT2D eigenvalue weighted by atomic mass is 10.1. The lowest BCUT2D eigenvalue weighted by molar-refractivity contribution is -0.138. The highest BCUT2D eigenvalue weighted by Gasteiger charge is 2.37. The van der Waals surface area contributed by atoms with Crippen molar-refractivity contribution in [2.75, 3.05) is 24.7 Å². The van der Waals surface area contributed by atoms with Crippen LogP contribution in [0.15, 0.2) is 28.7 Å². The third-order valence-electron chi connectivity index (χ3n) is 5.62. The second-order valence-electron chi connectivity index (χ2n) is 7.73. The summed E-state index contributed by atoms with van der Waals surface area (Å²) in [5, 5.41) is 0.756. The van der Waals surface area contributed by atoms with E-state index < -0.39 is 34.4 Å². The maximum atomic E-state index is 12.9. The highest BCUT2D eigenvalue weighted by atomic mass is 32.2. The fourth-order valence-corrected chi connectivity index (χ4v) is 5.59. The Labute approximate surface area is 182 Å². The molecule has 0 saturated carbocycles. The minimum Gasteiger partial charge on any atom is -0.450 e. The van der Waals surface area contributed by atoms with Crippen molar-refractivity contribution in [1.29, 1.82) is 0 Å². The van der Waals surface area contributed by atoms with E-state index in [0.29, 0.717) is 30.6 Å². The smallest absolute Gasteiger partial charge is 0.375 e. The van der Waals surface area contributed by atoms with Crippen LogP contribution in [0.5, 0.6) is 0 Å². The van der Waals surface area contributed by atoms with Crippen molar-refractivity contribution in [3.8, 4) is 0 Å². The van der Waals surface area contributed by atoms with Crippen LogP contribution in [-0.4, -0.2) is 62.0 Å². The number of ether oxygens (including phenoxy) is 2. The van der Waals surface area contributed by atoms with Crippen LogP contribution in [0, 0.1) is 0 Å². The predicted octanol–water partition coefficient (Wildman–Crippen LogP) is 2.94. The molecule has 1 saturated heterocycles. The molecule has 0 aliphatic carbocycles. The molecule has 1 fully saturated rings. The van der Waals surface area contributed by atoms with Crippen molar-refractivity contribution in [2.24, 2.45) is 0 Å². The number of esters is 1. The molecule has 1 aliphatic rings. The molecular weight excluding hydrogens is 422 g/mol. The quantitative estimate of drug-likeness (QED) is 0.540. The van der Waals surface area contributed by atoms with Gasteiger partial charge in [-0.25, -0.2) is 13.2 Å². The first-order valence-electron chi connectivity index (χ1n) is 10.5. The van der Waals surface area contributed by atoms with E-state index in [0.717, 1.165) is 5.39 Å². The standard InChI is InChI=1S/C22H29NO7S/c1-4-15(3)23(16-10-11-31(26,27)14-16)20(24)13-29-22(25)21-18(12-28-5-2)17-8-6-7-9-19(17)30-21/h6-9,15-16H,4-5,10-14H2,1-3H3. The molecule has 1 aromatic carbocycles. The molecule has 2 heterocycles. The van der Waals surface area contributed by atoms with Crippen LogP contribution in [0.25, 0.3) is 11.0 Å². The van der Waals surface area contributed by atoms with Gasteiger partial charge in [-0.3, -0.25) is 4.79 Å². The molecule has 1 aliphatic heterocycles. The Hall–Kier alpha value is -2.39. The third-order valence-corrected chi connectivity index (χ3v) is 7.37. The van der Waals surface area contributed by atoms with Gasteiger partial charge >= 0.3 is 5.97 Å². The van der Waals surface area contributed by atoms with Crippen LogP contribution in [0.1, 0.15) is 49.7 Å². The minimum absolute atomic E-state index is 0.0148. The van der Waals surface area contributed by atoms with Gasteiger partial charge in [0.15, 0.2) is 16.4 Å². The van der Waals surface area contributed by atoms with Gasteiger partial charge in [0.2, 0.25) is 5.76 Å². The first-order chi connectivity index (χ1) is 14.8. The van der Waals surface area contributed by atoms with Crippen LogP contribution < -0.4 is 0 Å². The number of fused-ring (bicyclic) bond motifs is 1. The van der Waals surface area contributed by atoms with E-state index in [2.05, 4.69) is 0 Å². The molecule has 9 heteroatoms. The zero-order valence-corrected chi connectivity index (χ0v) is 18.9. The topological polar surface area (TPSA) is 103 Å². The number of furan rings is 1. The Morgan fingerprint density at radius 1 is 1.26 bits per heavy atom. The Bertz CT molecular complexity index is 1040. The second-order valence-corrected chi connectivity index (χ2v) is 9.96. The fraction of sp³-hybridized carbons (Fsp3) is 0.545. The molecule has 8 nitrogen and oxygen atoms in total. The van der Waals surface area contributed by atoms with Gasteiger partial charge in [-0.05, 0) is 32.8 Å². The number of rotatable bonds is 9. The summed E-state index contributed by atoms with van der Waals surface area (Å²) < 4.78 is 40.2. The Kier molecular flexibility index (Phi) is 7.38. The number of benzene rings is 1. The molecule has 170 valence electrons. The predicted molar refractivity (Wildman–Crippen MR) is 115 cm³/mol. The van der Waals surface area contributed by atoms with Gasteiger partial charge in [0.1, 0.15) is 5.58 Å². The third kappa shape index (κ3) is 5.27. The maximum absolute atomic E-state index is 12.9. The number of nitrogens with zero attached hydrogens (tertiary/aromatic N) is 1. The maximum Gasteiger partial charge on any atom is 0.375 e. The van der Waals surface area contributed by atoms with Crippen LogP contribution in [0.2, 0.25) is 0 Å². The summed E-state index contributed by atoms with van der Waals surface area (Å²) in [6, 6.07) is 6.66. The minimum atomic E-state index is -3.15. The number of amides is 1. The number of para-hydroxylation sites is 1. The summed E-state index contributed by atoms with van der Waals surface area (Å²) in [6.07, 6.45) is 1.06. The number of sulfone groups is 1. The molecule has 2 atom stereocenters. The monoisotopic (exact) mass is 451 g/mol. The van der Waals surface area contributed by atoms with Crippen molar-refractivity contribution in [1.82, 2.24) is 4.90 Å². The Morgan fingerprint density at radius 2 is 2.00 bits per heavy atom. The number of hydrogen-bond acceptors (Lipinski definition) is 7. The second kappa shape index (κ2) is 9.82. The molecule has 2 aromatic rings. The Morgan fingerprint density at radius 3 is 2.65 bits per heavy atom. The number of carbonyl (C=O) groups is 2. The van der Waals surface area contributed by atoms with Gasteiger partial charge in [-0.2, -0.15) is 0 Å². The van der Waals surface area contributed by atoms with Gasteiger partial charge in [0, 0.05) is 29.6 Å². The van der Waals surface area contributed by atoms with Crippen molar-refractivity contribution in [3.63, 3.8) is 0 Å². The number of carbonyl (C=O) groups excluding carboxylic acids is 2. The molecule has 3 rings (SSSR count). The average Bonchev–Trinajstić information content (AvgIpc) is 3.30. The molecular formula is C22H29NO7S. The van der Waals surface area contributed by atoms with Gasteiger partial charge < -0.3 is 18.8 Å². The van der Waals surface area contributed by atoms with Gasteiger partial charge in [0.25, 0.3) is 5.91 Å². The van der Waals surface area contributed by atoms with Crippen LogP contribution >= 0.6 is 0 Å². The van der Waals surface area contributed by atoms with E-state index in [1.54, 1.807) is 17.0 Å². The fourth-order valence-electron chi connectivity index (χ4n) is 3.88. The average molecular weight is 452 g/mol. The summed E-state index contributed by atoms with van der Waals surface area (Å²) in [4.78, 5) is 27.2. The molecule has 1 amide bonds. The summed E-state index contributed by atoms with van der Waals surface area (Å²) in [6.45, 7) is 5.82. The molecule has 2 unspecified atom stereocenters. The number of hydrogen-bond donors (Lipinski definition) is 0. The van der Waals surface area contributed by atoms with Crippen molar-refractivity contribution < 1.29 is 31.9 Å². The molecule has 0 radical (unpaired) electrons.